The quantitative estimate of drug-likeness (QED) is 0.595. The van der Waals surface area contributed by atoms with Crippen LogP contribution in [0.5, 0.6) is 0 Å². The fourth-order valence-corrected chi connectivity index (χ4v) is 6.90. The number of carbonyl (C=O) groups excluding carboxylic acids is 2. The van der Waals surface area contributed by atoms with E-state index in [4.69, 9.17) is 14.3 Å². The number of rotatable bonds is 6. The molecule has 2 aliphatic rings. The largest absolute Gasteiger partial charge is 0.453 e. The average Bonchev–Trinajstić information content (AvgIpc) is 3.39. The number of ether oxygens (including phenoxy) is 2. The summed E-state index contributed by atoms with van der Waals surface area (Å²) in [5.41, 5.74) is 3.24. The lowest BCUT2D eigenvalue weighted by Crippen LogP contribution is -2.61. The summed E-state index contributed by atoms with van der Waals surface area (Å²) in [4.78, 5) is 32.6. The summed E-state index contributed by atoms with van der Waals surface area (Å²) in [6.07, 6.45) is 1.23. The van der Waals surface area contributed by atoms with E-state index in [2.05, 4.69) is 5.48 Å². The van der Waals surface area contributed by atoms with Gasteiger partial charge in [0.2, 0.25) is 0 Å². The number of hydrogen-bond donors (Lipinski definition) is 1. The van der Waals surface area contributed by atoms with Gasteiger partial charge >= 0.3 is 6.09 Å². The molecule has 3 heterocycles. The Kier molecular flexibility index (Phi) is 7.84. The van der Waals surface area contributed by atoms with Crippen LogP contribution in [0.4, 0.5) is 4.79 Å². The van der Waals surface area contributed by atoms with Gasteiger partial charge in [-0.3, -0.25) is 4.79 Å². The lowest BCUT2D eigenvalue weighted by atomic mass is 10.2. The fraction of sp³-hybridized carbons (Fsp3) is 0.455. The van der Waals surface area contributed by atoms with E-state index in [0.29, 0.717) is 13.0 Å². The van der Waals surface area contributed by atoms with E-state index in [9.17, 15) is 18.0 Å². The van der Waals surface area contributed by atoms with Gasteiger partial charge in [-0.25, -0.2) is 23.5 Å². The maximum Gasteiger partial charge on any atom is 0.409 e. The van der Waals surface area contributed by atoms with Crippen molar-refractivity contribution in [3.63, 3.8) is 0 Å². The third-order valence-corrected chi connectivity index (χ3v) is 9.21. The van der Waals surface area contributed by atoms with Gasteiger partial charge in [-0.05, 0) is 30.5 Å². The smallest absolute Gasteiger partial charge is 0.409 e. The molecule has 2 fully saturated rings. The molecule has 1 N–H and O–H groups in total. The van der Waals surface area contributed by atoms with E-state index in [1.165, 1.54) is 18.1 Å². The van der Waals surface area contributed by atoms with Gasteiger partial charge in [0.1, 0.15) is 10.3 Å². The molecule has 2 amide bonds. The first-order valence-electron chi connectivity index (χ1n) is 11.0. The minimum absolute atomic E-state index is 0.0615. The third-order valence-electron chi connectivity index (χ3n) is 5.70. The first-order valence-corrected chi connectivity index (χ1v) is 13.2. The molecule has 0 aliphatic carbocycles. The maximum atomic E-state index is 13.6. The molecular weight excluding hydrogens is 482 g/mol. The third kappa shape index (κ3) is 5.41. The van der Waals surface area contributed by atoms with Crippen LogP contribution in [0.2, 0.25) is 0 Å². The van der Waals surface area contributed by atoms with E-state index in [1.54, 1.807) is 6.07 Å². The standard InChI is InChI=1S/C22H27N3O7S2/c1-30-22(27)24-12-13-25(17(15-24)21(26)23-32-19-9-5-6-14-31-19)34(28,29)20-11-10-18(33-20)16-7-3-2-4-8-16/h2-4,7-8,10-11,17,19H,5-6,9,12-15H2,1H3,(H,23,26). The molecule has 2 aromatic rings. The number of amides is 2. The van der Waals surface area contributed by atoms with E-state index in [1.807, 2.05) is 30.3 Å². The summed E-state index contributed by atoms with van der Waals surface area (Å²) in [6.45, 7) is 0.402. The van der Waals surface area contributed by atoms with Crippen molar-refractivity contribution < 1.29 is 32.3 Å². The zero-order chi connectivity index (χ0) is 24.1. The highest BCUT2D eigenvalue weighted by Crippen LogP contribution is 2.33. The second kappa shape index (κ2) is 10.8. The topological polar surface area (TPSA) is 114 Å². The summed E-state index contributed by atoms with van der Waals surface area (Å²) in [5, 5.41) is 0. The van der Waals surface area contributed by atoms with Crippen molar-refractivity contribution in [2.75, 3.05) is 33.4 Å². The number of piperazine rings is 1. The van der Waals surface area contributed by atoms with Gasteiger partial charge in [-0.1, -0.05) is 30.3 Å². The van der Waals surface area contributed by atoms with Crippen LogP contribution in [0.1, 0.15) is 19.3 Å². The number of thiophene rings is 1. The van der Waals surface area contributed by atoms with Crippen molar-refractivity contribution in [1.82, 2.24) is 14.7 Å². The Morgan fingerprint density at radius 2 is 1.91 bits per heavy atom. The number of nitrogens with zero attached hydrogens (tertiary/aromatic N) is 2. The SMILES string of the molecule is COC(=O)N1CCN(S(=O)(=O)c2ccc(-c3ccccc3)s2)C(C(=O)NOC2CCCCO2)C1. The molecular formula is C22H27N3O7S2. The van der Waals surface area contributed by atoms with Crippen molar-refractivity contribution in [1.29, 1.82) is 0 Å². The molecule has 2 aliphatic heterocycles. The van der Waals surface area contributed by atoms with Crippen LogP contribution in [-0.2, 0) is 29.1 Å². The van der Waals surface area contributed by atoms with Crippen molar-refractivity contribution >= 4 is 33.4 Å². The number of methoxy groups -OCH3 is 1. The van der Waals surface area contributed by atoms with E-state index < -0.39 is 34.4 Å². The normalized spacial score (nSPS) is 21.7. The Balaban J connectivity index is 1.55. The summed E-state index contributed by atoms with van der Waals surface area (Å²) in [7, 11) is -2.78. The van der Waals surface area contributed by atoms with Gasteiger partial charge < -0.3 is 14.4 Å². The number of hydrogen-bond acceptors (Lipinski definition) is 8. The molecule has 0 spiro atoms. The fourth-order valence-electron chi connectivity index (χ4n) is 3.89. The van der Waals surface area contributed by atoms with Gasteiger partial charge in [-0.2, -0.15) is 4.31 Å². The van der Waals surface area contributed by atoms with Crippen molar-refractivity contribution in [3.8, 4) is 10.4 Å². The molecule has 2 atom stereocenters. The monoisotopic (exact) mass is 509 g/mol. The van der Waals surface area contributed by atoms with Crippen LogP contribution in [0.25, 0.3) is 10.4 Å². The van der Waals surface area contributed by atoms with Crippen LogP contribution < -0.4 is 5.48 Å². The molecule has 1 aromatic heterocycles. The zero-order valence-electron chi connectivity index (χ0n) is 18.7. The minimum atomic E-state index is -4.02. The Bertz CT molecular complexity index is 1100. The lowest BCUT2D eigenvalue weighted by Gasteiger charge is -2.38. The first-order chi connectivity index (χ1) is 16.4. The molecule has 1 aromatic carbocycles. The highest BCUT2D eigenvalue weighted by Gasteiger charge is 2.42. The molecule has 12 heteroatoms. The summed E-state index contributed by atoms with van der Waals surface area (Å²) in [6, 6.07) is 11.5. The molecule has 2 unspecified atom stereocenters. The highest BCUT2D eigenvalue weighted by molar-refractivity contribution is 7.91. The van der Waals surface area contributed by atoms with Gasteiger partial charge in [0, 0.05) is 37.5 Å². The molecule has 34 heavy (non-hydrogen) atoms. The molecule has 0 saturated carbocycles. The molecule has 184 valence electrons. The Morgan fingerprint density at radius 1 is 1.12 bits per heavy atom. The second-order valence-electron chi connectivity index (χ2n) is 7.91. The molecule has 2 saturated heterocycles. The predicted octanol–water partition coefficient (Wildman–Crippen LogP) is 2.43. The van der Waals surface area contributed by atoms with E-state index in [-0.39, 0.29) is 23.8 Å². The Hall–Kier alpha value is -2.51. The predicted molar refractivity (Wildman–Crippen MR) is 124 cm³/mol. The first kappa shape index (κ1) is 24.6. The molecule has 10 nitrogen and oxygen atoms in total. The van der Waals surface area contributed by atoms with Crippen LogP contribution in [0.15, 0.2) is 46.7 Å². The molecule has 0 bridgehead atoms. The van der Waals surface area contributed by atoms with Crippen LogP contribution in [0, 0.1) is 0 Å². The van der Waals surface area contributed by atoms with E-state index >= 15 is 0 Å². The summed E-state index contributed by atoms with van der Waals surface area (Å²) >= 11 is 1.13. The van der Waals surface area contributed by atoms with Gasteiger partial charge in [0.25, 0.3) is 15.9 Å². The average molecular weight is 510 g/mol. The van der Waals surface area contributed by atoms with Crippen molar-refractivity contribution in [2.24, 2.45) is 0 Å². The Labute approximate surface area is 202 Å². The highest BCUT2D eigenvalue weighted by atomic mass is 32.2. The van der Waals surface area contributed by atoms with Gasteiger partial charge in [0.15, 0.2) is 6.29 Å². The zero-order valence-corrected chi connectivity index (χ0v) is 20.3. The lowest BCUT2D eigenvalue weighted by molar-refractivity contribution is -0.202. The number of benzene rings is 1. The maximum absolute atomic E-state index is 13.6. The minimum Gasteiger partial charge on any atom is -0.453 e. The second-order valence-corrected chi connectivity index (χ2v) is 11.1. The summed E-state index contributed by atoms with van der Waals surface area (Å²) in [5.74, 6) is -0.675. The Morgan fingerprint density at radius 3 is 2.62 bits per heavy atom. The van der Waals surface area contributed by atoms with Gasteiger partial charge in [-0.15, -0.1) is 11.3 Å². The van der Waals surface area contributed by atoms with Crippen molar-refractivity contribution in [3.05, 3.63) is 42.5 Å². The number of nitrogens with one attached hydrogen (secondary N) is 1. The van der Waals surface area contributed by atoms with Gasteiger partial charge in [0.05, 0.1) is 7.11 Å². The van der Waals surface area contributed by atoms with Crippen LogP contribution >= 0.6 is 11.3 Å². The van der Waals surface area contributed by atoms with Crippen LogP contribution in [0.3, 0.4) is 0 Å². The number of sulfonamides is 1. The number of carbonyl (C=O) groups is 2. The van der Waals surface area contributed by atoms with Crippen LogP contribution in [-0.4, -0.2) is 75.3 Å². The molecule has 4 rings (SSSR count). The number of hydroxylamine groups is 1. The summed E-state index contributed by atoms with van der Waals surface area (Å²) < 4.78 is 38.6. The van der Waals surface area contributed by atoms with E-state index in [0.717, 1.165) is 38.9 Å². The van der Waals surface area contributed by atoms with Crippen molar-refractivity contribution in [2.45, 2.75) is 35.8 Å². The molecule has 0 radical (unpaired) electrons.